The molecule has 0 aliphatic carbocycles. The van der Waals surface area contributed by atoms with Crippen molar-refractivity contribution in [3.8, 4) is 11.1 Å². The summed E-state index contributed by atoms with van der Waals surface area (Å²) in [6.07, 6.45) is 4.43. The lowest BCUT2D eigenvalue weighted by molar-refractivity contribution is 1.06. The van der Waals surface area contributed by atoms with Gasteiger partial charge in [0.15, 0.2) is 11.6 Å². The molecule has 4 aromatic carbocycles. The van der Waals surface area contributed by atoms with Crippen LogP contribution in [0.2, 0.25) is 0 Å². The number of imidazole rings is 2. The predicted octanol–water partition coefficient (Wildman–Crippen LogP) is 10.3. The summed E-state index contributed by atoms with van der Waals surface area (Å²) in [6.45, 7) is 13.1. The fourth-order valence-corrected chi connectivity index (χ4v) is 7.11. The Hall–Kier alpha value is -5.42. The van der Waals surface area contributed by atoms with E-state index in [0.29, 0.717) is 0 Å². The molecule has 0 fully saturated rings. The molecule has 220 valence electrons. The van der Waals surface area contributed by atoms with Crippen LogP contribution in [0.3, 0.4) is 0 Å². The monoisotopic (exact) mass is 585 g/mol. The molecule has 0 radical (unpaired) electrons. The van der Waals surface area contributed by atoms with Gasteiger partial charge >= 0.3 is 0 Å². The molecule has 0 saturated heterocycles. The first-order valence-electron chi connectivity index (χ1n) is 15.5. The number of fused-ring (bicyclic) bond motifs is 6. The third-order valence-corrected chi connectivity index (χ3v) is 9.33. The second-order valence-electron chi connectivity index (χ2n) is 12.3. The lowest BCUT2D eigenvalue weighted by Crippen LogP contribution is -2.16. The van der Waals surface area contributed by atoms with Gasteiger partial charge in [-0.1, -0.05) is 78.9 Å². The molecule has 0 aliphatic rings. The molecular formula is C40H35N5. The number of hydrogen-bond acceptors (Lipinski definition) is 3. The highest BCUT2D eigenvalue weighted by molar-refractivity contribution is 5.99. The quantitative estimate of drug-likeness (QED) is 0.206. The predicted molar refractivity (Wildman–Crippen MR) is 187 cm³/mol. The molecule has 0 bridgehead atoms. The van der Waals surface area contributed by atoms with Crippen LogP contribution in [-0.4, -0.2) is 18.8 Å². The average molecular weight is 586 g/mol. The zero-order valence-electron chi connectivity index (χ0n) is 26.6. The van der Waals surface area contributed by atoms with Crippen molar-refractivity contribution in [2.45, 2.75) is 41.5 Å². The molecule has 4 aromatic heterocycles. The second kappa shape index (κ2) is 10.1. The summed E-state index contributed by atoms with van der Waals surface area (Å²) in [5.74, 6) is 1.77. The van der Waals surface area contributed by atoms with Gasteiger partial charge in [-0.3, -0.25) is 4.90 Å². The minimum atomic E-state index is 0.886. The van der Waals surface area contributed by atoms with Crippen molar-refractivity contribution in [2.75, 3.05) is 4.90 Å². The number of hydrogen-bond donors (Lipinski definition) is 0. The smallest absolute Gasteiger partial charge is 0.161 e. The van der Waals surface area contributed by atoms with Gasteiger partial charge in [0.2, 0.25) is 0 Å². The molecule has 0 amide bonds. The van der Waals surface area contributed by atoms with Crippen LogP contribution in [0, 0.1) is 41.5 Å². The van der Waals surface area contributed by atoms with E-state index in [1.54, 1.807) is 0 Å². The van der Waals surface area contributed by atoms with E-state index in [9.17, 15) is 0 Å². The Morgan fingerprint density at radius 1 is 0.467 bits per heavy atom. The van der Waals surface area contributed by atoms with Crippen molar-refractivity contribution in [2.24, 2.45) is 0 Å². The molecule has 45 heavy (non-hydrogen) atoms. The van der Waals surface area contributed by atoms with Gasteiger partial charge < -0.3 is 8.80 Å². The molecule has 0 aliphatic heterocycles. The first-order valence-corrected chi connectivity index (χ1v) is 15.5. The number of anilines is 3. The van der Waals surface area contributed by atoms with E-state index >= 15 is 0 Å². The summed E-state index contributed by atoms with van der Waals surface area (Å²) < 4.78 is 4.49. The minimum Gasteiger partial charge on any atom is -0.301 e. The topological polar surface area (TPSA) is 37.8 Å². The molecule has 0 saturated carbocycles. The normalized spacial score (nSPS) is 11.8. The maximum Gasteiger partial charge on any atom is 0.161 e. The molecule has 0 atom stereocenters. The van der Waals surface area contributed by atoms with E-state index in [1.165, 1.54) is 44.2 Å². The Labute approximate surface area is 263 Å². The molecule has 4 heterocycles. The van der Waals surface area contributed by atoms with Crippen LogP contribution < -0.4 is 4.90 Å². The van der Waals surface area contributed by atoms with Gasteiger partial charge in [0.25, 0.3) is 0 Å². The summed E-state index contributed by atoms with van der Waals surface area (Å²) in [7, 11) is 0. The number of rotatable bonds is 4. The highest BCUT2D eigenvalue weighted by Gasteiger charge is 2.28. The third-order valence-electron chi connectivity index (χ3n) is 9.33. The van der Waals surface area contributed by atoms with Crippen molar-refractivity contribution in [3.63, 3.8) is 0 Å². The maximum atomic E-state index is 5.43. The number of pyridine rings is 2. The van der Waals surface area contributed by atoms with E-state index in [1.807, 2.05) is 0 Å². The first-order chi connectivity index (χ1) is 21.8. The summed E-state index contributed by atoms with van der Waals surface area (Å²) in [6, 6.07) is 32.3. The SMILES string of the molecule is Cc1cc(-c2ccccc2)cc(C)c1N(c1nc2c3ccccc3c(C)cn2c1C)c1nc2c3ccccc3c(C)cn2c1C. The van der Waals surface area contributed by atoms with Crippen LogP contribution in [-0.2, 0) is 0 Å². The lowest BCUT2D eigenvalue weighted by atomic mass is 9.98. The van der Waals surface area contributed by atoms with E-state index in [2.05, 4.69) is 159 Å². The Balaban J connectivity index is 1.46. The summed E-state index contributed by atoms with van der Waals surface area (Å²) in [5.41, 5.74) is 12.4. The van der Waals surface area contributed by atoms with E-state index in [-0.39, 0.29) is 0 Å². The highest BCUT2D eigenvalue weighted by atomic mass is 15.3. The zero-order chi connectivity index (χ0) is 31.0. The van der Waals surface area contributed by atoms with Crippen LogP contribution in [0.1, 0.15) is 33.6 Å². The minimum absolute atomic E-state index is 0.886. The van der Waals surface area contributed by atoms with E-state index < -0.39 is 0 Å². The number of nitrogens with zero attached hydrogens (tertiary/aromatic N) is 5. The summed E-state index contributed by atoms with van der Waals surface area (Å²) in [4.78, 5) is 13.2. The van der Waals surface area contributed by atoms with Crippen molar-refractivity contribution in [1.29, 1.82) is 0 Å². The second-order valence-corrected chi connectivity index (χ2v) is 12.3. The van der Waals surface area contributed by atoms with E-state index in [0.717, 1.165) is 50.8 Å². The molecule has 8 aromatic rings. The molecule has 8 rings (SSSR count). The zero-order valence-corrected chi connectivity index (χ0v) is 26.6. The molecule has 5 heteroatoms. The van der Waals surface area contributed by atoms with Crippen molar-refractivity contribution >= 4 is 50.2 Å². The van der Waals surface area contributed by atoms with Gasteiger partial charge in [-0.2, -0.15) is 0 Å². The van der Waals surface area contributed by atoms with Crippen LogP contribution in [0.5, 0.6) is 0 Å². The van der Waals surface area contributed by atoms with Gasteiger partial charge in [-0.25, -0.2) is 9.97 Å². The van der Waals surface area contributed by atoms with Crippen molar-refractivity contribution in [3.05, 3.63) is 137 Å². The first kappa shape index (κ1) is 27.2. The number of benzene rings is 4. The van der Waals surface area contributed by atoms with Gasteiger partial charge in [-0.05, 0) is 97.8 Å². The van der Waals surface area contributed by atoms with Crippen LogP contribution in [0.25, 0.3) is 44.0 Å². The highest BCUT2D eigenvalue weighted by Crippen LogP contribution is 2.44. The molecule has 0 N–H and O–H groups in total. The fourth-order valence-electron chi connectivity index (χ4n) is 7.11. The van der Waals surface area contributed by atoms with Crippen molar-refractivity contribution in [1.82, 2.24) is 18.8 Å². The molecule has 0 spiro atoms. The molecular weight excluding hydrogens is 550 g/mol. The molecule has 0 unspecified atom stereocenters. The van der Waals surface area contributed by atoms with Gasteiger partial charge in [0.05, 0.1) is 17.1 Å². The van der Waals surface area contributed by atoms with Crippen molar-refractivity contribution < 1.29 is 0 Å². The fraction of sp³-hybridized carbons (Fsp3) is 0.150. The van der Waals surface area contributed by atoms with Crippen LogP contribution >= 0.6 is 0 Å². The van der Waals surface area contributed by atoms with Gasteiger partial charge in [-0.15, -0.1) is 0 Å². The Kier molecular flexibility index (Phi) is 6.07. The standard InChI is InChI=1S/C40H35N5/c1-24-20-31(30-14-8-7-9-15-30)21-25(2)36(24)45(37-28(5)43-22-26(3)32-16-10-12-18-34(32)39(43)41-37)38-29(6)44-23-27(4)33-17-11-13-19-35(33)40(44)42-38/h7-23H,1-6H3. The lowest BCUT2D eigenvalue weighted by Gasteiger charge is -2.26. The van der Waals surface area contributed by atoms with Crippen LogP contribution in [0.15, 0.2) is 103 Å². The Morgan fingerprint density at radius 3 is 1.36 bits per heavy atom. The largest absolute Gasteiger partial charge is 0.301 e. The number of aromatic nitrogens is 4. The summed E-state index contributed by atoms with van der Waals surface area (Å²) in [5, 5.41) is 4.73. The number of aryl methyl sites for hydroxylation is 6. The Bertz CT molecular complexity index is 2300. The Morgan fingerprint density at radius 2 is 0.889 bits per heavy atom. The van der Waals surface area contributed by atoms with Gasteiger partial charge in [0.1, 0.15) is 11.3 Å². The van der Waals surface area contributed by atoms with Gasteiger partial charge in [0, 0.05) is 23.2 Å². The maximum absolute atomic E-state index is 5.43. The van der Waals surface area contributed by atoms with E-state index in [4.69, 9.17) is 9.97 Å². The summed E-state index contributed by atoms with van der Waals surface area (Å²) >= 11 is 0. The molecule has 5 nitrogen and oxygen atoms in total. The third kappa shape index (κ3) is 4.07. The van der Waals surface area contributed by atoms with Crippen LogP contribution in [0.4, 0.5) is 17.3 Å². The average Bonchev–Trinajstić information content (AvgIpc) is 3.55.